The van der Waals surface area contributed by atoms with Gasteiger partial charge in [0, 0.05) is 0 Å². The molecule has 0 aliphatic heterocycles. The van der Waals surface area contributed by atoms with E-state index in [1.165, 1.54) is 0 Å². The quantitative estimate of drug-likeness (QED) is 0.365. The van der Waals surface area contributed by atoms with E-state index in [1.807, 2.05) is 0 Å². The third-order valence-corrected chi connectivity index (χ3v) is 5.12. The summed E-state index contributed by atoms with van der Waals surface area (Å²) in [6.07, 6.45) is -14.1. The van der Waals surface area contributed by atoms with Gasteiger partial charge in [0.15, 0.2) is 0 Å². The zero-order valence-electron chi connectivity index (χ0n) is 7.11. The second-order valence-corrected chi connectivity index (χ2v) is 5.95. The van der Waals surface area contributed by atoms with Gasteiger partial charge in [-0.3, -0.25) is 9.11 Å². The van der Waals surface area contributed by atoms with Crippen molar-refractivity contribution in [3.63, 3.8) is 0 Å². The predicted molar refractivity (Wildman–Crippen MR) is 52.2 cm³/mol. The van der Waals surface area contributed by atoms with Gasteiger partial charge in [0.2, 0.25) is 0 Å². The van der Waals surface area contributed by atoms with Crippen LogP contribution in [0.1, 0.15) is 0 Å². The predicted octanol–water partition coefficient (Wildman–Crippen LogP) is -0.714. The molecule has 0 bridgehead atoms. The Kier molecular flexibility index (Phi) is 10.5. The number of hydrogen-bond donors (Lipinski definition) is 2. The molecule has 0 heterocycles. The van der Waals surface area contributed by atoms with Gasteiger partial charge in [0.1, 0.15) is 0 Å². The molecule has 0 aromatic heterocycles. The summed E-state index contributed by atoms with van der Waals surface area (Å²) in [5, 5.41) is 0. The molecule has 0 unspecified atom stereocenters. The molecule has 0 atom stereocenters. The first kappa shape index (κ1) is 26.6. The van der Waals surface area contributed by atoms with Crippen LogP contribution in [0.3, 0.4) is 0 Å². The van der Waals surface area contributed by atoms with Crippen molar-refractivity contribution in [3.8, 4) is 0 Å². The molecule has 0 aliphatic carbocycles. The zero-order valence-corrected chi connectivity index (χ0v) is 8.74. The average Bonchev–Trinajstić information content (AvgIpc) is 1.67. The molecule has 0 aromatic rings. The van der Waals surface area contributed by atoms with Crippen LogP contribution in [0.5, 0.6) is 0 Å². The summed E-state index contributed by atoms with van der Waals surface area (Å²) in [7, 11) is -14.6. The molecule has 0 spiro atoms. The van der Waals surface area contributed by atoms with Crippen molar-refractivity contribution in [2.24, 2.45) is 0 Å². The van der Waals surface area contributed by atoms with Crippen molar-refractivity contribution in [1.82, 2.24) is 0 Å². The topological polar surface area (TPSA) is 109 Å². The fraction of sp³-hybridized carbons (Fsp3) is 1.00. The van der Waals surface area contributed by atoms with Crippen LogP contribution < -0.4 is 0 Å². The van der Waals surface area contributed by atoms with E-state index < -0.39 is 36.7 Å². The molecule has 0 radical (unpaired) electrons. The van der Waals surface area contributed by atoms with Crippen LogP contribution in [-0.2, 0) is 20.2 Å². The van der Waals surface area contributed by atoms with Crippen LogP contribution in [0.2, 0.25) is 0 Å². The van der Waals surface area contributed by atoms with Crippen molar-refractivity contribution in [1.29, 1.82) is 0 Å². The van der Waals surface area contributed by atoms with Crippen LogP contribution in [0.15, 0.2) is 0 Å². The van der Waals surface area contributed by atoms with Gasteiger partial charge in [-0.15, -0.1) is 0 Å². The Hall–Kier alpha value is 2.67. The van der Waals surface area contributed by atoms with E-state index in [9.17, 15) is 43.2 Å². The van der Waals surface area contributed by atoms with E-state index in [0.717, 1.165) is 0 Å². The fourth-order valence-corrected chi connectivity index (χ4v) is 3.11. The second kappa shape index (κ2) is 7.49. The molecule has 0 saturated carbocycles. The van der Waals surface area contributed by atoms with Crippen molar-refractivity contribution < 1.29 is 52.3 Å². The van der Waals surface area contributed by atoms with Crippen molar-refractivity contribution in [2.45, 2.75) is 16.4 Å². The van der Waals surface area contributed by atoms with Crippen molar-refractivity contribution in [3.05, 3.63) is 0 Å². The first-order chi connectivity index (χ1) is 7.00. The van der Waals surface area contributed by atoms with E-state index in [2.05, 4.69) is 0 Å². The molecule has 16 heteroatoms. The SMILES string of the molecule is O=S(=O)(O)C(C(F)(F)F)(C(F)(F)F)S(=O)(=O)O.[KH].[KH]. The Balaban J connectivity index is -0.00000128. The first-order valence-corrected chi connectivity index (χ1v) is 5.95. The molecular formula is C3H4F6K2O6S2. The van der Waals surface area contributed by atoms with E-state index >= 15 is 0 Å². The van der Waals surface area contributed by atoms with Gasteiger partial charge in [-0.2, -0.15) is 43.2 Å². The maximum absolute atomic E-state index is 12.1. The van der Waals surface area contributed by atoms with E-state index in [1.54, 1.807) is 0 Å². The van der Waals surface area contributed by atoms with Crippen LogP contribution in [0.25, 0.3) is 0 Å². The van der Waals surface area contributed by atoms with Gasteiger partial charge in [-0.25, -0.2) is 0 Å². The molecule has 108 valence electrons. The summed E-state index contributed by atoms with van der Waals surface area (Å²) < 4.78 is 122. The Morgan fingerprint density at radius 1 is 0.632 bits per heavy atom. The monoisotopic (exact) mass is 392 g/mol. The van der Waals surface area contributed by atoms with Crippen LogP contribution >= 0.6 is 0 Å². The Morgan fingerprint density at radius 3 is 0.789 bits per heavy atom. The fourth-order valence-electron chi connectivity index (χ4n) is 0.879. The van der Waals surface area contributed by atoms with Crippen molar-refractivity contribution in [2.75, 3.05) is 0 Å². The molecule has 2 N–H and O–H groups in total. The Labute approximate surface area is 188 Å². The molecule has 19 heavy (non-hydrogen) atoms. The Bertz CT molecular complexity index is 456. The molecular weight excluding hydrogens is 388 g/mol. The van der Waals surface area contributed by atoms with E-state index in [0.29, 0.717) is 0 Å². The molecule has 6 nitrogen and oxygen atoms in total. The van der Waals surface area contributed by atoms with Crippen LogP contribution in [0.4, 0.5) is 26.3 Å². The second-order valence-electron chi connectivity index (χ2n) is 2.56. The van der Waals surface area contributed by atoms with E-state index in [4.69, 9.17) is 9.11 Å². The zero-order chi connectivity index (χ0) is 14.5. The standard InChI is InChI=1S/C3H2F6O6S2.2K.2H/c4-2(5,6)1(3(7,8)9,16(10,11)12)17(13,14)15;;;;/h(H,10,11,12)(H,13,14,15);;;;. The third-order valence-electron chi connectivity index (χ3n) is 1.47. The maximum atomic E-state index is 12.1. The van der Waals surface area contributed by atoms with Crippen LogP contribution in [0, 0.1) is 0 Å². The number of halogens is 6. The molecule has 0 saturated heterocycles. The minimum atomic E-state index is -7.29. The molecule has 0 amide bonds. The van der Waals surface area contributed by atoms with Gasteiger partial charge in [0.25, 0.3) is 0 Å². The van der Waals surface area contributed by atoms with Gasteiger partial charge in [-0.05, 0) is 0 Å². The normalized spacial score (nSPS) is 14.3. The summed E-state index contributed by atoms with van der Waals surface area (Å²) in [5.74, 6) is 0. The summed E-state index contributed by atoms with van der Waals surface area (Å²) in [6, 6.07) is 0. The molecule has 0 rings (SSSR count). The van der Waals surface area contributed by atoms with Crippen LogP contribution in [-0.4, -0.2) is 145 Å². The summed E-state index contributed by atoms with van der Waals surface area (Å²) in [5.41, 5.74) is 0. The average molecular weight is 392 g/mol. The number of rotatable bonds is 2. The molecule has 0 aliphatic rings. The van der Waals surface area contributed by atoms with E-state index in [-0.39, 0.29) is 103 Å². The summed E-state index contributed by atoms with van der Waals surface area (Å²) >= 11 is 0. The molecule has 0 aromatic carbocycles. The molecule has 0 fully saturated rings. The summed E-state index contributed by atoms with van der Waals surface area (Å²) in [4.78, 5) is 0. The van der Waals surface area contributed by atoms with Gasteiger partial charge in [0.05, 0.1) is 0 Å². The summed E-state index contributed by atoms with van der Waals surface area (Å²) in [6.45, 7) is 0. The van der Waals surface area contributed by atoms with Gasteiger partial charge >= 0.3 is 139 Å². The number of alkyl halides is 6. The van der Waals surface area contributed by atoms with Gasteiger partial charge < -0.3 is 0 Å². The minimum absolute atomic E-state index is 0. The third kappa shape index (κ3) is 4.82. The van der Waals surface area contributed by atoms with Gasteiger partial charge in [-0.1, -0.05) is 0 Å². The first-order valence-electron chi connectivity index (χ1n) is 3.07. The van der Waals surface area contributed by atoms with Crippen molar-refractivity contribution >= 4 is 123 Å². The number of hydrogen-bond acceptors (Lipinski definition) is 4. The Morgan fingerprint density at radius 2 is 0.789 bits per heavy atom.